The number of nitrogens with zero attached hydrogens (tertiary/aromatic N) is 4. The summed E-state index contributed by atoms with van der Waals surface area (Å²) in [7, 11) is 1.34. The van der Waals surface area contributed by atoms with Gasteiger partial charge in [-0.1, -0.05) is 13.8 Å². The summed E-state index contributed by atoms with van der Waals surface area (Å²) in [5.41, 5.74) is 1.52. The molecule has 0 aliphatic carbocycles. The first-order chi connectivity index (χ1) is 12.6. The number of carbonyl (C=O) groups is 1. The van der Waals surface area contributed by atoms with Crippen LogP contribution >= 0.6 is 0 Å². The molecule has 1 amide bonds. The lowest BCUT2D eigenvalue weighted by Gasteiger charge is -2.19. The van der Waals surface area contributed by atoms with Gasteiger partial charge in [0.25, 0.3) is 0 Å². The van der Waals surface area contributed by atoms with Gasteiger partial charge in [0.1, 0.15) is 5.82 Å². The number of benzene rings is 1. The van der Waals surface area contributed by atoms with Gasteiger partial charge in [-0.15, -0.1) is 0 Å². The third-order valence-corrected chi connectivity index (χ3v) is 6.33. The smallest absolute Gasteiger partial charge is 0.242 e. The van der Waals surface area contributed by atoms with E-state index >= 15 is 0 Å². The molecule has 0 saturated carbocycles. The van der Waals surface area contributed by atoms with Gasteiger partial charge >= 0.3 is 0 Å². The number of hydrogen-bond donors (Lipinski definition) is 0. The van der Waals surface area contributed by atoms with Crippen LogP contribution in [0, 0.1) is 5.92 Å². The van der Waals surface area contributed by atoms with Crippen molar-refractivity contribution in [3.63, 3.8) is 0 Å². The van der Waals surface area contributed by atoms with Crippen molar-refractivity contribution in [1.29, 1.82) is 0 Å². The van der Waals surface area contributed by atoms with Gasteiger partial charge in [-0.3, -0.25) is 4.79 Å². The van der Waals surface area contributed by atoms with Gasteiger partial charge in [-0.05, 0) is 31.0 Å². The van der Waals surface area contributed by atoms with Crippen LogP contribution in [0.5, 0.6) is 0 Å². The van der Waals surface area contributed by atoms with Crippen molar-refractivity contribution in [2.75, 3.05) is 27.7 Å². The summed E-state index contributed by atoms with van der Waals surface area (Å²) < 4.78 is 27.9. The molecule has 0 saturated heterocycles. The average molecular weight is 395 g/mol. The Morgan fingerprint density at radius 1 is 1.22 bits per heavy atom. The molecule has 0 atom stereocenters. The molecule has 7 nitrogen and oxygen atoms in total. The van der Waals surface area contributed by atoms with E-state index < -0.39 is 10.0 Å². The van der Waals surface area contributed by atoms with Crippen LogP contribution in [-0.2, 0) is 27.8 Å². The fraction of sp³-hybridized carbons (Fsp3) is 0.579. The Balaban J connectivity index is 2.29. The van der Waals surface area contributed by atoms with E-state index in [0.29, 0.717) is 30.8 Å². The van der Waals surface area contributed by atoms with E-state index in [2.05, 4.69) is 18.8 Å². The molecule has 0 spiro atoms. The zero-order valence-corrected chi connectivity index (χ0v) is 17.9. The van der Waals surface area contributed by atoms with Crippen LogP contribution in [0.25, 0.3) is 11.0 Å². The molecule has 0 aliphatic rings. The summed E-state index contributed by atoms with van der Waals surface area (Å²) in [5, 5.41) is 0. The maximum atomic E-state index is 12.4. The Labute approximate surface area is 162 Å². The van der Waals surface area contributed by atoms with Crippen molar-refractivity contribution in [1.82, 2.24) is 18.8 Å². The highest BCUT2D eigenvalue weighted by Crippen LogP contribution is 2.23. The second-order valence-electron chi connectivity index (χ2n) is 7.38. The van der Waals surface area contributed by atoms with Gasteiger partial charge in [0.05, 0.1) is 15.9 Å². The Hall–Kier alpha value is -1.93. The number of imidazole rings is 1. The SMILES string of the molecule is CCn1c(CCC(=O)N(C)CC(C)C)nc2cc(S(=O)(=O)N(C)C)ccc21. The molecular weight excluding hydrogens is 364 g/mol. The van der Waals surface area contributed by atoms with Crippen LogP contribution in [0.2, 0.25) is 0 Å². The summed E-state index contributed by atoms with van der Waals surface area (Å²) in [6.45, 7) is 7.62. The highest BCUT2D eigenvalue weighted by Gasteiger charge is 2.20. The topological polar surface area (TPSA) is 75.5 Å². The largest absolute Gasteiger partial charge is 0.345 e. The highest BCUT2D eigenvalue weighted by atomic mass is 32.2. The zero-order chi connectivity index (χ0) is 20.4. The van der Waals surface area contributed by atoms with Crippen molar-refractivity contribution in [3.8, 4) is 0 Å². The molecule has 0 radical (unpaired) electrons. The van der Waals surface area contributed by atoms with E-state index in [9.17, 15) is 13.2 Å². The van der Waals surface area contributed by atoms with Crippen LogP contribution in [0.1, 0.15) is 33.0 Å². The van der Waals surface area contributed by atoms with E-state index in [4.69, 9.17) is 0 Å². The molecule has 2 aromatic rings. The normalized spacial score (nSPS) is 12.3. The van der Waals surface area contributed by atoms with Crippen LogP contribution in [0.3, 0.4) is 0 Å². The maximum absolute atomic E-state index is 12.4. The molecular formula is C19H30N4O3S. The summed E-state index contributed by atoms with van der Waals surface area (Å²) in [6, 6.07) is 5.00. The minimum atomic E-state index is -3.50. The lowest BCUT2D eigenvalue weighted by molar-refractivity contribution is -0.130. The molecule has 1 aromatic carbocycles. The minimum Gasteiger partial charge on any atom is -0.345 e. The Kier molecular flexibility index (Phi) is 6.64. The highest BCUT2D eigenvalue weighted by molar-refractivity contribution is 7.89. The number of amides is 1. The molecule has 0 fully saturated rings. The molecule has 8 heteroatoms. The number of rotatable bonds is 8. The molecule has 0 aliphatic heterocycles. The van der Waals surface area contributed by atoms with Crippen LogP contribution < -0.4 is 0 Å². The van der Waals surface area contributed by atoms with E-state index in [1.165, 1.54) is 18.4 Å². The quantitative estimate of drug-likeness (QED) is 0.689. The predicted octanol–water partition coefficient (Wildman–Crippen LogP) is 2.35. The van der Waals surface area contributed by atoms with Crippen molar-refractivity contribution in [2.24, 2.45) is 5.92 Å². The van der Waals surface area contributed by atoms with Crippen molar-refractivity contribution in [3.05, 3.63) is 24.0 Å². The molecule has 150 valence electrons. The van der Waals surface area contributed by atoms with Gasteiger partial charge in [0, 0.05) is 47.1 Å². The number of hydrogen-bond acceptors (Lipinski definition) is 4. The number of carbonyl (C=O) groups excluding carboxylic acids is 1. The standard InChI is InChI=1S/C19H30N4O3S/c1-7-23-17-9-8-15(27(25,26)21(4)5)12-16(17)20-18(23)10-11-19(24)22(6)13-14(2)3/h8-9,12,14H,7,10-11,13H2,1-6H3. The monoisotopic (exact) mass is 394 g/mol. The molecule has 27 heavy (non-hydrogen) atoms. The first-order valence-electron chi connectivity index (χ1n) is 9.23. The number of aryl methyl sites for hydroxylation is 2. The van der Waals surface area contributed by atoms with E-state index in [1.807, 2.05) is 18.5 Å². The third kappa shape index (κ3) is 4.68. The average Bonchev–Trinajstić information content (AvgIpc) is 2.95. The van der Waals surface area contributed by atoms with Gasteiger partial charge in [0.15, 0.2) is 0 Å². The maximum Gasteiger partial charge on any atom is 0.242 e. The summed E-state index contributed by atoms with van der Waals surface area (Å²) in [4.78, 5) is 18.9. The summed E-state index contributed by atoms with van der Waals surface area (Å²) >= 11 is 0. The van der Waals surface area contributed by atoms with Gasteiger partial charge in [-0.2, -0.15) is 0 Å². The van der Waals surface area contributed by atoms with Crippen LogP contribution in [0.4, 0.5) is 0 Å². The first kappa shape index (κ1) is 21.4. The van der Waals surface area contributed by atoms with Crippen molar-refractivity contribution in [2.45, 2.75) is 45.1 Å². The second kappa shape index (κ2) is 8.39. The molecule has 1 heterocycles. The molecule has 2 rings (SSSR count). The fourth-order valence-electron chi connectivity index (χ4n) is 3.13. The molecule has 1 aromatic heterocycles. The number of fused-ring (bicyclic) bond motifs is 1. The zero-order valence-electron chi connectivity index (χ0n) is 17.1. The Morgan fingerprint density at radius 2 is 1.89 bits per heavy atom. The Bertz CT molecular complexity index is 916. The number of sulfonamides is 1. The second-order valence-corrected chi connectivity index (χ2v) is 9.53. The van der Waals surface area contributed by atoms with Gasteiger partial charge in [-0.25, -0.2) is 17.7 Å². The predicted molar refractivity (Wildman–Crippen MR) is 107 cm³/mol. The lowest BCUT2D eigenvalue weighted by atomic mass is 10.2. The van der Waals surface area contributed by atoms with Gasteiger partial charge in [0.2, 0.25) is 15.9 Å². The minimum absolute atomic E-state index is 0.0919. The van der Waals surface area contributed by atoms with E-state index in [0.717, 1.165) is 17.9 Å². The molecule has 0 bridgehead atoms. The van der Waals surface area contributed by atoms with Crippen molar-refractivity contribution < 1.29 is 13.2 Å². The summed E-state index contributed by atoms with van der Waals surface area (Å²) in [5.74, 6) is 1.32. The van der Waals surface area contributed by atoms with Crippen molar-refractivity contribution >= 4 is 27.0 Å². The number of aromatic nitrogens is 2. The lowest BCUT2D eigenvalue weighted by Crippen LogP contribution is -2.30. The van der Waals surface area contributed by atoms with Gasteiger partial charge < -0.3 is 9.47 Å². The fourth-order valence-corrected chi connectivity index (χ4v) is 4.06. The Morgan fingerprint density at radius 3 is 2.44 bits per heavy atom. The van der Waals surface area contributed by atoms with E-state index in [-0.39, 0.29) is 10.8 Å². The third-order valence-electron chi connectivity index (χ3n) is 4.52. The summed E-state index contributed by atoms with van der Waals surface area (Å²) in [6.07, 6.45) is 0.912. The van der Waals surface area contributed by atoms with Crippen LogP contribution in [-0.4, -0.2) is 60.8 Å². The van der Waals surface area contributed by atoms with E-state index in [1.54, 1.807) is 23.1 Å². The van der Waals surface area contributed by atoms with Crippen LogP contribution in [0.15, 0.2) is 23.1 Å². The molecule has 0 unspecified atom stereocenters. The first-order valence-corrected chi connectivity index (χ1v) is 10.7. The molecule has 0 N–H and O–H groups in total.